The molecule has 1 heterocycles. The fourth-order valence-corrected chi connectivity index (χ4v) is 2.66. The summed E-state index contributed by atoms with van der Waals surface area (Å²) in [6.45, 7) is 8.11. The molecule has 1 aromatic rings. The summed E-state index contributed by atoms with van der Waals surface area (Å²) in [7, 11) is 0. The molecule has 0 spiro atoms. The van der Waals surface area contributed by atoms with E-state index in [1.165, 1.54) is 6.92 Å². The lowest BCUT2D eigenvalue weighted by Crippen LogP contribution is -2.42. The van der Waals surface area contributed by atoms with Crippen molar-refractivity contribution in [3.8, 4) is 5.75 Å². The van der Waals surface area contributed by atoms with Crippen molar-refractivity contribution >= 4 is 17.5 Å². The number of nitrogens with zero attached hydrogens (tertiary/aromatic N) is 2. The fourth-order valence-electron chi connectivity index (χ4n) is 2.66. The lowest BCUT2D eigenvalue weighted by molar-refractivity contribution is -0.135. The Labute approximate surface area is 143 Å². The summed E-state index contributed by atoms with van der Waals surface area (Å²) in [5.41, 5.74) is 0.702. The maximum absolute atomic E-state index is 12.3. The van der Waals surface area contributed by atoms with Crippen LogP contribution in [0, 0.1) is 0 Å². The molecule has 0 radical (unpaired) electrons. The SMILES string of the molecule is CC(=O)N(CCC(=O)N1CCOCC1)c1ccccc1OC(C)C. The van der Waals surface area contributed by atoms with Gasteiger partial charge in [-0.1, -0.05) is 12.1 Å². The molecule has 1 aliphatic rings. The van der Waals surface area contributed by atoms with Crippen molar-refractivity contribution in [2.75, 3.05) is 37.7 Å². The first-order valence-corrected chi connectivity index (χ1v) is 8.38. The van der Waals surface area contributed by atoms with E-state index in [0.717, 1.165) is 0 Å². The van der Waals surface area contributed by atoms with Crippen molar-refractivity contribution in [1.29, 1.82) is 0 Å². The van der Waals surface area contributed by atoms with Crippen molar-refractivity contribution in [3.63, 3.8) is 0 Å². The number of rotatable bonds is 6. The van der Waals surface area contributed by atoms with Gasteiger partial charge in [0.2, 0.25) is 11.8 Å². The second-order valence-corrected chi connectivity index (χ2v) is 6.05. The van der Waals surface area contributed by atoms with Crippen LogP contribution in [0.3, 0.4) is 0 Å². The van der Waals surface area contributed by atoms with Gasteiger partial charge in [-0.15, -0.1) is 0 Å². The van der Waals surface area contributed by atoms with Crippen LogP contribution in [0.25, 0.3) is 0 Å². The van der Waals surface area contributed by atoms with E-state index in [2.05, 4.69) is 0 Å². The molecular formula is C18H26N2O4. The van der Waals surface area contributed by atoms with E-state index in [-0.39, 0.29) is 24.3 Å². The van der Waals surface area contributed by atoms with Crippen molar-refractivity contribution in [2.45, 2.75) is 33.3 Å². The molecule has 1 fully saturated rings. The molecule has 0 bridgehead atoms. The zero-order chi connectivity index (χ0) is 17.5. The van der Waals surface area contributed by atoms with Gasteiger partial charge in [0, 0.05) is 33.0 Å². The van der Waals surface area contributed by atoms with Crippen LogP contribution < -0.4 is 9.64 Å². The fraction of sp³-hybridized carbons (Fsp3) is 0.556. The normalized spacial score (nSPS) is 14.6. The number of hydrogen-bond acceptors (Lipinski definition) is 4. The maximum atomic E-state index is 12.3. The van der Waals surface area contributed by atoms with Crippen molar-refractivity contribution < 1.29 is 19.1 Å². The van der Waals surface area contributed by atoms with Crippen LogP contribution in [-0.4, -0.2) is 55.7 Å². The molecule has 1 aromatic carbocycles. The molecule has 0 N–H and O–H groups in total. The van der Waals surface area contributed by atoms with Crippen LogP contribution in [0.4, 0.5) is 5.69 Å². The highest BCUT2D eigenvalue weighted by Gasteiger charge is 2.21. The number of anilines is 1. The third-order valence-electron chi connectivity index (χ3n) is 3.81. The van der Waals surface area contributed by atoms with Gasteiger partial charge >= 0.3 is 0 Å². The number of ether oxygens (including phenoxy) is 2. The Morgan fingerprint density at radius 1 is 1.25 bits per heavy atom. The number of amides is 2. The van der Waals surface area contributed by atoms with Gasteiger partial charge in [-0.25, -0.2) is 0 Å². The van der Waals surface area contributed by atoms with Gasteiger partial charge in [0.25, 0.3) is 0 Å². The molecule has 132 valence electrons. The van der Waals surface area contributed by atoms with E-state index in [4.69, 9.17) is 9.47 Å². The molecule has 6 heteroatoms. The molecule has 0 atom stereocenters. The summed E-state index contributed by atoms with van der Waals surface area (Å²) in [4.78, 5) is 27.8. The minimum atomic E-state index is -0.107. The van der Waals surface area contributed by atoms with E-state index in [1.807, 2.05) is 38.1 Å². The van der Waals surface area contributed by atoms with Gasteiger partial charge in [-0.3, -0.25) is 9.59 Å². The van der Waals surface area contributed by atoms with Crippen molar-refractivity contribution in [1.82, 2.24) is 4.90 Å². The van der Waals surface area contributed by atoms with Crippen LogP contribution >= 0.6 is 0 Å². The van der Waals surface area contributed by atoms with Crippen LogP contribution in [0.1, 0.15) is 27.2 Å². The zero-order valence-electron chi connectivity index (χ0n) is 14.7. The van der Waals surface area contributed by atoms with Crippen molar-refractivity contribution in [3.05, 3.63) is 24.3 Å². The monoisotopic (exact) mass is 334 g/mol. The summed E-state index contributed by atoms with van der Waals surface area (Å²) >= 11 is 0. The first-order valence-electron chi connectivity index (χ1n) is 8.38. The van der Waals surface area contributed by atoms with E-state index in [1.54, 1.807) is 9.80 Å². The van der Waals surface area contributed by atoms with E-state index < -0.39 is 0 Å². The van der Waals surface area contributed by atoms with E-state index >= 15 is 0 Å². The second kappa shape index (κ2) is 8.68. The van der Waals surface area contributed by atoms with E-state index in [9.17, 15) is 9.59 Å². The third-order valence-corrected chi connectivity index (χ3v) is 3.81. The largest absolute Gasteiger partial charge is 0.489 e. The van der Waals surface area contributed by atoms with Gasteiger partial charge in [-0.05, 0) is 26.0 Å². The quantitative estimate of drug-likeness (QED) is 0.799. The Morgan fingerprint density at radius 2 is 1.92 bits per heavy atom. The average molecular weight is 334 g/mol. The summed E-state index contributed by atoms with van der Waals surface area (Å²) in [6, 6.07) is 7.42. The molecular weight excluding hydrogens is 308 g/mol. The molecule has 0 unspecified atom stereocenters. The minimum Gasteiger partial charge on any atom is -0.489 e. The van der Waals surface area contributed by atoms with E-state index in [0.29, 0.717) is 44.3 Å². The number of para-hydroxylation sites is 2. The van der Waals surface area contributed by atoms with Crippen LogP contribution in [0.2, 0.25) is 0 Å². The second-order valence-electron chi connectivity index (χ2n) is 6.05. The van der Waals surface area contributed by atoms with Gasteiger partial charge in [0.1, 0.15) is 5.75 Å². The average Bonchev–Trinajstić information content (AvgIpc) is 2.56. The van der Waals surface area contributed by atoms with Gasteiger partial charge < -0.3 is 19.3 Å². The number of hydrogen-bond donors (Lipinski definition) is 0. The molecule has 24 heavy (non-hydrogen) atoms. The summed E-state index contributed by atoms with van der Waals surface area (Å²) < 4.78 is 11.1. The number of carbonyl (C=O) groups excluding carboxylic acids is 2. The highest BCUT2D eigenvalue weighted by atomic mass is 16.5. The standard InChI is InChI=1S/C18H26N2O4/c1-14(2)24-17-7-5-4-6-16(17)20(15(3)21)9-8-18(22)19-10-12-23-13-11-19/h4-7,14H,8-13H2,1-3H3. The highest BCUT2D eigenvalue weighted by molar-refractivity contribution is 5.93. The molecule has 1 saturated heterocycles. The number of carbonyl (C=O) groups is 2. The molecule has 1 aliphatic heterocycles. The van der Waals surface area contributed by atoms with Crippen LogP contribution in [0.5, 0.6) is 5.75 Å². The first-order chi connectivity index (χ1) is 11.5. The Hall–Kier alpha value is -2.08. The highest BCUT2D eigenvalue weighted by Crippen LogP contribution is 2.29. The Balaban J connectivity index is 2.07. The smallest absolute Gasteiger partial charge is 0.224 e. The predicted molar refractivity (Wildman–Crippen MR) is 92.2 cm³/mol. The molecule has 0 saturated carbocycles. The Kier molecular flexibility index (Phi) is 6.61. The number of morpholine rings is 1. The third kappa shape index (κ3) is 4.96. The minimum absolute atomic E-state index is 0.00920. The zero-order valence-corrected chi connectivity index (χ0v) is 14.7. The first kappa shape index (κ1) is 18.3. The van der Waals surface area contributed by atoms with Gasteiger partial charge in [-0.2, -0.15) is 0 Å². The summed E-state index contributed by atoms with van der Waals surface area (Å²) in [5.74, 6) is 0.595. The van der Waals surface area contributed by atoms with Gasteiger partial charge in [0.15, 0.2) is 0 Å². The Morgan fingerprint density at radius 3 is 2.54 bits per heavy atom. The topological polar surface area (TPSA) is 59.1 Å². The summed E-state index contributed by atoms with van der Waals surface area (Å²) in [6.07, 6.45) is 0.296. The molecule has 6 nitrogen and oxygen atoms in total. The molecule has 2 amide bonds. The van der Waals surface area contributed by atoms with Crippen molar-refractivity contribution in [2.24, 2.45) is 0 Å². The summed E-state index contributed by atoms with van der Waals surface area (Å²) in [5, 5.41) is 0. The lowest BCUT2D eigenvalue weighted by Gasteiger charge is -2.29. The van der Waals surface area contributed by atoms with Crippen LogP contribution in [-0.2, 0) is 14.3 Å². The maximum Gasteiger partial charge on any atom is 0.224 e. The van der Waals surface area contributed by atoms with Gasteiger partial charge in [0.05, 0.1) is 25.0 Å². The van der Waals surface area contributed by atoms with Crippen LogP contribution in [0.15, 0.2) is 24.3 Å². The number of benzene rings is 1. The predicted octanol–water partition coefficient (Wildman–Crippen LogP) is 2.08. The Bertz CT molecular complexity index is 568. The lowest BCUT2D eigenvalue weighted by atomic mass is 10.2. The molecule has 0 aromatic heterocycles. The molecule has 2 rings (SSSR count). The molecule has 0 aliphatic carbocycles.